The second kappa shape index (κ2) is 5.92. The highest BCUT2D eigenvalue weighted by molar-refractivity contribution is 5.62. The number of anilines is 2. The molecule has 1 aromatic carbocycles. The number of nitrogens with zero attached hydrogens (tertiary/aromatic N) is 4. The average molecular weight is 287 g/mol. The van der Waals surface area contributed by atoms with Crippen LogP contribution in [0, 0.1) is 0 Å². The molecule has 0 spiro atoms. The van der Waals surface area contributed by atoms with Gasteiger partial charge in [0.2, 0.25) is 5.95 Å². The number of ether oxygens (including phenoxy) is 2. The zero-order chi connectivity index (χ0) is 14.7. The Labute approximate surface area is 123 Å². The number of hydrogen-bond acceptors (Lipinski definition) is 7. The van der Waals surface area contributed by atoms with Crippen molar-refractivity contribution in [1.82, 2.24) is 20.3 Å². The van der Waals surface area contributed by atoms with Crippen molar-refractivity contribution in [2.24, 2.45) is 0 Å². The molecule has 7 heteroatoms. The maximum absolute atomic E-state index is 5.12. The van der Waals surface area contributed by atoms with Crippen molar-refractivity contribution in [3.8, 4) is 12.0 Å². The highest BCUT2D eigenvalue weighted by Crippen LogP contribution is 2.28. The lowest BCUT2D eigenvalue weighted by Gasteiger charge is -2.22. The van der Waals surface area contributed by atoms with Gasteiger partial charge in [-0.2, -0.15) is 9.97 Å². The Morgan fingerprint density at radius 2 is 1.76 bits per heavy atom. The van der Waals surface area contributed by atoms with Gasteiger partial charge in [-0.05, 0) is 11.6 Å². The predicted molar refractivity (Wildman–Crippen MR) is 78.1 cm³/mol. The van der Waals surface area contributed by atoms with Gasteiger partial charge in [-0.25, -0.2) is 0 Å². The van der Waals surface area contributed by atoms with Gasteiger partial charge >= 0.3 is 12.0 Å². The lowest BCUT2D eigenvalue weighted by molar-refractivity contribution is 0.340. The van der Waals surface area contributed by atoms with Crippen LogP contribution >= 0.6 is 0 Å². The van der Waals surface area contributed by atoms with Crippen LogP contribution in [0.25, 0.3) is 0 Å². The SMILES string of the molecule is COc1nc(OC)nc(N2CCNCc3ccccc32)n1. The quantitative estimate of drug-likeness (QED) is 0.907. The first kappa shape index (κ1) is 13.6. The normalized spacial score (nSPS) is 14.3. The van der Waals surface area contributed by atoms with Crippen molar-refractivity contribution in [1.29, 1.82) is 0 Å². The third-order valence-electron chi connectivity index (χ3n) is 3.30. The molecular weight excluding hydrogens is 270 g/mol. The Bertz CT molecular complexity index is 612. The summed E-state index contributed by atoms with van der Waals surface area (Å²) in [5.74, 6) is 0.523. The van der Waals surface area contributed by atoms with Crippen LogP contribution in [0.4, 0.5) is 11.6 Å². The molecule has 3 rings (SSSR count). The summed E-state index contributed by atoms with van der Waals surface area (Å²) < 4.78 is 10.2. The van der Waals surface area contributed by atoms with E-state index in [1.807, 2.05) is 17.0 Å². The van der Waals surface area contributed by atoms with Crippen LogP contribution in [-0.2, 0) is 6.54 Å². The summed E-state index contributed by atoms with van der Waals surface area (Å²) in [6, 6.07) is 8.67. The smallest absolute Gasteiger partial charge is 0.324 e. The molecule has 1 N–H and O–H groups in total. The zero-order valence-electron chi connectivity index (χ0n) is 12.0. The minimum Gasteiger partial charge on any atom is -0.467 e. The molecule has 7 nitrogen and oxygen atoms in total. The van der Waals surface area contributed by atoms with Crippen molar-refractivity contribution in [3.63, 3.8) is 0 Å². The van der Waals surface area contributed by atoms with Crippen molar-refractivity contribution in [3.05, 3.63) is 29.8 Å². The molecule has 21 heavy (non-hydrogen) atoms. The molecule has 0 unspecified atom stereocenters. The van der Waals surface area contributed by atoms with E-state index in [1.54, 1.807) is 0 Å². The molecule has 0 atom stereocenters. The topological polar surface area (TPSA) is 72.4 Å². The molecule has 0 bridgehead atoms. The van der Waals surface area contributed by atoms with E-state index >= 15 is 0 Å². The Balaban J connectivity index is 2.07. The molecule has 1 aromatic heterocycles. The van der Waals surface area contributed by atoms with Gasteiger partial charge < -0.3 is 19.7 Å². The molecule has 0 fully saturated rings. The molecule has 0 radical (unpaired) electrons. The molecular formula is C14H17N5O2. The number of nitrogens with one attached hydrogen (secondary N) is 1. The van der Waals surface area contributed by atoms with Crippen LogP contribution in [0.1, 0.15) is 5.56 Å². The first-order valence-corrected chi connectivity index (χ1v) is 6.72. The largest absolute Gasteiger partial charge is 0.467 e. The monoisotopic (exact) mass is 287 g/mol. The van der Waals surface area contributed by atoms with Gasteiger partial charge in [-0.3, -0.25) is 0 Å². The van der Waals surface area contributed by atoms with E-state index in [-0.39, 0.29) is 12.0 Å². The fourth-order valence-corrected chi connectivity index (χ4v) is 2.30. The second-order valence-electron chi connectivity index (χ2n) is 4.57. The Kier molecular flexibility index (Phi) is 3.83. The Hall–Kier alpha value is -2.41. The van der Waals surface area contributed by atoms with Gasteiger partial charge in [0.15, 0.2) is 0 Å². The van der Waals surface area contributed by atoms with Gasteiger partial charge in [0.25, 0.3) is 0 Å². The second-order valence-corrected chi connectivity index (χ2v) is 4.57. The van der Waals surface area contributed by atoms with Crippen molar-refractivity contribution < 1.29 is 9.47 Å². The van der Waals surface area contributed by atoms with E-state index in [2.05, 4.69) is 32.4 Å². The van der Waals surface area contributed by atoms with E-state index in [1.165, 1.54) is 19.8 Å². The number of rotatable bonds is 3. The lowest BCUT2D eigenvalue weighted by atomic mass is 10.1. The van der Waals surface area contributed by atoms with Gasteiger partial charge in [0.05, 0.1) is 14.2 Å². The predicted octanol–water partition coefficient (Wildman–Crippen LogP) is 1.13. The van der Waals surface area contributed by atoms with Crippen LogP contribution in [-0.4, -0.2) is 42.3 Å². The number of fused-ring (bicyclic) bond motifs is 1. The number of hydrogen-bond donors (Lipinski definition) is 1. The van der Waals surface area contributed by atoms with Gasteiger partial charge in [-0.15, -0.1) is 4.98 Å². The molecule has 0 saturated heterocycles. The maximum atomic E-state index is 5.12. The summed E-state index contributed by atoms with van der Waals surface area (Å²) in [4.78, 5) is 14.8. The summed E-state index contributed by atoms with van der Waals surface area (Å²) in [5, 5.41) is 3.39. The Morgan fingerprint density at radius 1 is 1.05 bits per heavy atom. The highest BCUT2D eigenvalue weighted by atomic mass is 16.5. The summed E-state index contributed by atoms with van der Waals surface area (Å²) in [6.07, 6.45) is 0. The molecule has 2 aromatic rings. The number of aromatic nitrogens is 3. The molecule has 2 heterocycles. The molecule has 1 aliphatic rings. The molecule has 1 aliphatic heterocycles. The van der Waals surface area contributed by atoms with Crippen LogP contribution in [0.2, 0.25) is 0 Å². The van der Waals surface area contributed by atoms with Crippen molar-refractivity contribution in [2.45, 2.75) is 6.54 Å². The molecule has 110 valence electrons. The number of benzene rings is 1. The Morgan fingerprint density at radius 3 is 2.48 bits per heavy atom. The van der Waals surface area contributed by atoms with E-state index in [0.717, 1.165) is 25.3 Å². The average Bonchev–Trinajstić information content (AvgIpc) is 2.76. The van der Waals surface area contributed by atoms with Crippen LogP contribution in [0.5, 0.6) is 12.0 Å². The number of para-hydroxylation sites is 1. The van der Waals surface area contributed by atoms with Gasteiger partial charge in [-0.1, -0.05) is 18.2 Å². The first-order valence-electron chi connectivity index (χ1n) is 6.72. The molecule has 0 amide bonds. The fraction of sp³-hybridized carbons (Fsp3) is 0.357. The van der Waals surface area contributed by atoms with E-state index in [0.29, 0.717) is 5.95 Å². The zero-order valence-corrected chi connectivity index (χ0v) is 12.0. The number of methoxy groups -OCH3 is 2. The van der Waals surface area contributed by atoms with E-state index in [4.69, 9.17) is 9.47 Å². The summed E-state index contributed by atoms with van der Waals surface area (Å²) in [7, 11) is 3.05. The van der Waals surface area contributed by atoms with E-state index in [9.17, 15) is 0 Å². The molecule has 0 aliphatic carbocycles. The van der Waals surface area contributed by atoms with Crippen molar-refractivity contribution >= 4 is 11.6 Å². The minimum atomic E-state index is 0.242. The summed E-state index contributed by atoms with van der Waals surface area (Å²) in [6.45, 7) is 2.42. The van der Waals surface area contributed by atoms with Crippen LogP contribution in [0.15, 0.2) is 24.3 Å². The van der Waals surface area contributed by atoms with Gasteiger partial charge in [0.1, 0.15) is 0 Å². The third kappa shape index (κ3) is 2.73. The maximum Gasteiger partial charge on any atom is 0.324 e. The van der Waals surface area contributed by atoms with E-state index < -0.39 is 0 Å². The lowest BCUT2D eigenvalue weighted by Crippen LogP contribution is -2.26. The van der Waals surface area contributed by atoms with Gasteiger partial charge in [0, 0.05) is 25.3 Å². The van der Waals surface area contributed by atoms with Crippen LogP contribution in [0.3, 0.4) is 0 Å². The standard InChI is InChI=1S/C14H17N5O2/c1-20-13-16-12(17-14(18-13)21-2)19-8-7-15-9-10-5-3-4-6-11(10)19/h3-6,15H,7-9H2,1-2H3. The van der Waals surface area contributed by atoms with Crippen LogP contribution < -0.4 is 19.7 Å². The molecule has 0 saturated carbocycles. The first-order chi connectivity index (χ1) is 10.3. The third-order valence-corrected chi connectivity index (χ3v) is 3.30. The highest BCUT2D eigenvalue weighted by Gasteiger charge is 2.20. The summed E-state index contributed by atoms with van der Waals surface area (Å²) >= 11 is 0. The van der Waals surface area contributed by atoms with Crippen molar-refractivity contribution in [2.75, 3.05) is 32.2 Å². The summed E-state index contributed by atoms with van der Waals surface area (Å²) in [5.41, 5.74) is 2.28. The fourth-order valence-electron chi connectivity index (χ4n) is 2.30. The minimum absolute atomic E-state index is 0.242.